The highest BCUT2D eigenvalue weighted by Gasteiger charge is 2.34. The third-order valence-corrected chi connectivity index (χ3v) is 10.9. The Labute approximate surface area is 269 Å². The molecule has 7 nitrogen and oxygen atoms in total. The van der Waals surface area contributed by atoms with Crippen molar-refractivity contribution in [3.8, 4) is 0 Å². The highest BCUT2D eigenvalue weighted by molar-refractivity contribution is 7.98. The van der Waals surface area contributed by atoms with E-state index in [0.29, 0.717) is 27.7 Å². The van der Waals surface area contributed by atoms with Gasteiger partial charge in [0.1, 0.15) is 12.6 Å². The molecule has 0 aliphatic heterocycles. The topological polar surface area (TPSA) is 86.8 Å². The summed E-state index contributed by atoms with van der Waals surface area (Å²) in [6, 6.07) is 17.8. The predicted molar refractivity (Wildman–Crippen MR) is 175 cm³/mol. The molecule has 3 aromatic carbocycles. The number of carbonyl (C=O) groups excluding carboxylic acids is 2. The minimum Gasteiger partial charge on any atom is -0.352 e. The number of halogens is 2. The van der Waals surface area contributed by atoms with E-state index in [4.69, 9.17) is 23.2 Å². The molecule has 0 spiro atoms. The Morgan fingerprint density at radius 1 is 0.977 bits per heavy atom. The largest absolute Gasteiger partial charge is 0.352 e. The van der Waals surface area contributed by atoms with Gasteiger partial charge in [-0.25, -0.2) is 8.42 Å². The number of rotatable bonds is 12. The Balaban J connectivity index is 1.72. The smallest absolute Gasteiger partial charge is 0.264 e. The summed E-state index contributed by atoms with van der Waals surface area (Å²) in [6.45, 7) is 3.30. The van der Waals surface area contributed by atoms with Crippen LogP contribution in [0.1, 0.15) is 50.2 Å². The molecule has 1 aliphatic rings. The Kier molecular flexibility index (Phi) is 11.5. The molecule has 43 heavy (non-hydrogen) atoms. The zero-order valence-electron chi connectivity index (χ0n) is 24.6. The molecule has 1 saturated carbocycles. The summed E-state index contributed by atoms with van der Waals surface area (Å²) < 4.78 is 29.2. The predicted octanol–water partition coefficient (Wildman–Crippen LogP) is 7.09. The highest BCUT2D eigenvalue weighted by atomic mass is 35.5. The number of benzene rings is 3. The van der Waals surface area contributed by atoms with Crippen LogP contribution in [0.2, 0.25) is 10.0 Å². The van der Waals surface area contributed by atoms with E-state index < -0.39 is 28.5 Å². The standard InChI is InChI=1S/C32H37Cl2N3O4S2/c1-4-30(32(39)35-24-7-5-6-8-24)36(20-23-11-18-28(33)29(34)19-23)31(38)21-37(25-12-9-22(2)10-13-25)43(40,41)27-16-14-26(42-3)15-17-27/h9-19,24,30H,4-8,20-21H2,1-3H3,(H,35,39). The van der Waals surface area contributed by atoms with Crippen LogP contribution in [0, 0.1) is 6.92 Å². The Morgan fingerprint density at radius 3 is 2.21 bits per heavy atom. The van der Waals surface area contributed by atoms with Crippen LogP contribution in [0.15, 0.2) is 76.5 Å². The molecule has 2 amide bonds. The summed E-state index contributed by atoms with van der Waals surface area (Å²) in [5.41, 5.74) is 1.98. The van der Waals surface area contributed by atoms with E-state index in [1.807, 2.05) is 20.1 Å². The first-order chi connectivity index (χ1) is 20.5. The third-order valence-electron chi connectivity index (χ3n) is 7.67. The van der Waals surface area contributed by atoms with E-state index in [0.717, 1.165) is 40.4 Å². The van der Waals surface area contributed by atoms with Crippen molar-refractivity contribution in [3.63, 3.8) is 0 Å². The molecule has 1 atom stereocenters. The van der Waals surface area contributed by atoms with Gasteiger partial charge < -0.3 is 10.2 Å². The van der Waals surface area contributed by atoms with E-state index in [-0.39, 0.29) is 23.4 Å². The van der Waals surface area contributed by atoms with Gasteiger partial charge in [0.05, 0.1) is 20.6 Å². The number of sulfonamides is 1. The van der Waals surface area contributed by atoms with Crippen LogP contribution >= 0.6 is 35.0 Å². The summed E-state index contributed by atoms with van der Waals surface area (Å²) in [6.07, 6.45) is 6.16. The Bertz CT molecular complexity index is 1530. The maximum atomic E-state index is 14.2. The van der Waals surface area contributed by atoms with Crippen LogP contribution in [-0.2, 0) is 26.2 Å². The van der Waals surface area contributed by atoms with Crippen molar-refractivity contribution in [3.05, 3.63) is 87.9 Å². The third kappa shape index (κ3) is 8.26. The summed E-state index contributed by atoms with van der Waals surface area (Å²) in [5, 5.41) is 3.82. The molecule has 11 heteroatoms. The SMILES string of the molecule is CCC(C(=O)NC1CCCC1)N(Cc1ccc(Cl)c(Cl)c1)C(=O)CN(c1ccc(C)cc1)S(=O)(=O)c1ccc(SC)cc1. The van der Waals surface area contributed by atoms with Crippen molar-refractivity contribution < 1.29 is 18.0 Å². The molecule has 0 aromatic heterocycles. The molecule has 3 aromatic rings. The highest BCUT2D eigenvalue weighted by Crippen LogP contribution is 2.28. The van der Waals surface area contributed by atoms with Gasteiger partial charge in [-0.2, -0.15) is 0 Å². The molecule has 1 fully saturated rings. The number of nitrogens with one attached hydrogen (secondary N) is 1. The first-order valence-corrected chi connectivity index (χ1v) is 17.7. The molecule has 0 radical (unpaired) electrons. The minimum absolute atomic E-state index is 0.0521. The Morgan fingerprint density at radius 2 is 1.63 bits per heavy atom. The zero-order chi connectivity index (χ0) is 31.1. The first-order valence-electron chi connectivity index (χ1n) is 14.3. The lowest BCUT2D eigenvalue weighted by Crippen LogP contribution is -2.53. The maximum Gasteiger partial charge on any atom is 0.264 e. The number of nitrogens with zero attached hydrogens (tertiary/aromatic N) is 2. The summed E-state index contributed by atoms with van der Waals surface area (Å²) in [7, 11) is -4.14. The van der Waals surface area contributed by atoms with Gasteiger partial charge in [0.2, 0.25) is 11.8 Å². The number of aryl methyl sites for hydroxylation is 1. The van der Waals surface area contributed by atoms with Crippen molar-refractivity contribution >= 4 is 62.5 Å². The van der Waals surface area contributed by atoms with Crippen molar-refractivity contribution in [2.75, 3.05) is 17.1 Å². The molecule has 0 bridgehead atoms. The molecular weight excluding hydrogens is 625 g/mol. The number of amides is 2. The van der Waals surface area contributed by atoms with Gasteiger partial charge >= 0.3 is 0 Å². The van der Waals surface area contributed by atoms with Gasteiger partial charge in [-0.3, -0.25) is 13.9 Å². The number of hydrogen-bond donors (Lipinski definition) is 1. The van der Waals surface area contributed by atoms with E-state index in [2.05, 4.69) is 5.32 Å². The maximum absolute atomic E-state index is 14.2. The second-order valence-electron chi connectivity index (χ2n) is 10.7. The fraction of sp³-hybridized carbons (Fsp3) is 0.375. The molecule has 4 rings (SSSR count). The molecular formula is C32H37Cl2N3O4S2. The van der Waals surface area contributed by atoms with Gasteiger partial charge in [-0.05, 0) is 86.5 Å². The molecule has 1 N–H and O–H groups in total. The van der Waals surface area contributed by atoms with E-state index in [9.17, 15) is 18.0 Å². The number of carbonyl (C=O) groups is 2. The fourth-order valence-electron chi connectivity index (χ4n) is 5.24. The van der Waals surface area contributed by atoms with Crippen LogP contribution < -0.4 is 9.62 Å². The lowest BCUT2D eigenvalue weighted by atomic mass is 10.1. The van der Waals surface area contributed by atoms with Gasteiger partial charge in [0.15, 0.2) is 0 Å². The average molecular weight is 663 g/mol. The normalized spacial score (nSPS) is 14.3. The van der Waals surface area contributed by atoms with Crippen LogP contribution in [0.25, 0.3) is 0 Å². The van der Waals surface area contributed by atoms with Crippen molar-refractivity contribution in [2.24, 2.45) is 0 Å². The summed E-state index contributed by atoms with van der Waals surface area (Å²) in [4.78, 5) is 30.3. The van der Waals surface area contributed by atoms with Crippen LogP contribution in [-0.4, -0.2) is 50.0 Å². The second kappa shape index (κ2) is 14.8. The van der Waals surface area contributed by atoms with Gasteiger partial charge in [0.25, 0.3) is 10.0 Å². The molecule has 1 aliphatic carbocycles. The second-order valence-corrected chi connectivity index (χ2v) is 14.3. The molecule has 0 heterocycles. The van der Waals surface area contributed by atoms with Crippen LogP contribution in [0.3, 0.4) is 0 Å². The lowest BCUT2D eigenvalue weighted by Gasteiger charge is -2.34. The zero-order valence-corrected chi connectivity index (χ0v) is 27.7. The van der Waals surface area contributed by atoms with Crippen molar-refractivity contribution in [2.45, 2.75) is 74.4 Å². The number of hydrogen-bond acceptors (Lipinski definition) is 5. The van der Waals surface area contributed by atoms with E-state index >= 15 is 0 Å². The molecule has 1 unspecified atom stereocenters. The fourth-order valence-corrected chi connectivity index (χ4v) is 7.38. The monoisotopic (exact) mass is 661 g/mol. The van der Waals surface area contributed by atoms with E-state index in [1.54, 1.807) is 66.7 Å². The number of anilines is 1. The van der Waals surface area contributed by atoms with Crippen molar-refractivity contribution in [1.82, 2.24) is 10.2 Å². The lowest BCUT2D eigenvalue weighted by molar-refractivity contribution is -0.140. The first kappa shape index (κ1) is 33.2. The Hall–Kier alpha value is -2.72. The van der Waals surface area contributed by atoms with Gasteiger partial charge in [0, 0.05) is 17.5 Å². The summed E-state index contributed by atoms with van der Waals surface area (Å²) in [5.74, 6) is -0.760. The van der Waals surface area contributed by atoms with Crippen molar-refractivity contribution in [1.29, 1.82) is 0 Å². The van der Waals surface area contributed by atoms with Gasteiger partial charge in [-0.15, -0.1) is 11.8 Å². The quantitative estimate of drug-likeness (QED) is 0.210. The van der Waals surface area contributed by atoms with Crippen LogP contribution in [0.5, 0.6) is 0 Å². The van der Waals surface area contributed by atoms with E-state index in [1.165, 1.54) is 16.7 Å². The number of thioether (sulfide) groups is 1. The molecule has 230 valence electrons. The summed E-state index contributed by atoms with van der Waals surface area (Å²) >= 11 is 13.9. The average Bonchev–Trinajstić information content (AvgIpc) is 3.51. The molecule has 0 saturated heterocycles. The van der Waals surface area contributed by atoms with Gasteiger partial charge in [-0.1, -0.05) is 66.7 Å². The van der Waals surface area contributed by atoms with Crippen LogP contribution in [0.4, 0.5) is 5.69 Å². The minimum atomic E-state index is -4.14.